The summed E-state index contributed by atoms with van der Waals surface area (Å²) in [5.74, 6) is 0.0169. The van der Waals surface area contributed by atoms with Crippen molar-refractivity contribution in [2.24, 2.45) is 5.73 Å². The van der Waals surface area contributed by atoms with E-state index in [2.05, 4.69) is 19.2 Å². The van der Waals surface area contributed by atoms with Crippen LogP contribution in [-0.4, -0.2) is 18.5 Å². The van der Waals surface area contributed by atoms with Crippen LogP contribution in [-0.2, 0) is 6.42 Å². The van der Waals surface area contributed by atoms with Crippen LogP contribution in [0.1, 0.15) is 55.5 Å². The third kappa shape index (κ3) is 5.88. The van der Waals surface area contributed by atoms with Gasteiger partial charge in [0.25, 0.3) is 5.91 Å². The second-order valence-corrected chi connectivity index (χ2v) is 5.11. The number of amides is 1. The molecule has 3 heteroatoms. The molecule has 0 saturated heterocycles. The van der Waals surface area contributed by atoms with E-state index in [1.54, 1.807) is 0 Å². The highest BCUT2D eigenvalue weighted by molar-refractivity contribution is 5.94. The summed E-state index contributed by atoms with van der Waals surface area (Å²) in [6, 6.07) is 7.94. The molecule has 0 aliphatic carbocycles. The molecule has 1 aromatic carbocycles. The zero-order valence-electron chi connectivity index (χ0n) is 12.1. The molecule has 3 N–H and O–H groups in total. The van der Waals surface area contributed by atoms with E-state index >= 15 is 0 Å². The summed E-state index contributed by atoms with van der Waals surface area (Å²) in [6.45, 7) is 4.89. The third-order valence-electron chi connectivity index (χ3n) is 3.27. The van der Waals surface area contributed by atoms with E-state index in [-0.39, 0.29) is 11.9 Å². The number of nitrogens with one attached hydrogen (secondary N) is 1. The first-order valence-electron chi connectivity index (χ1n) is 7.27. The van der Waals surface area contributed by atoms with Crippen molar-refractivity contribution in [3.63, 3.8) is 0 Å². The van der Waals surface area contributed by atoms with E-state index in [0.29, 0.717) is 6.54 Å². The summed E-state index contributed by atoms with van der Waals surface area (Å²) >= 11 is 0. The maximum Gasteiger partial charge on any atom is 0.251 e. The number of unbranched alkanes of at least 4 members (excludes halogenated alkanes) is 2. The summed E-state index contributed by atoms with van der Waals surface area (Å²) < 4.78 is 0. The number of carbonyl (C=O) groups is 1. The van der Waals surface area contributed by atoms with E-state index in [4.69, 9.17) is 5.73 Å². The van der Waals surface area contributed by atoms with Crippen LogP contribution < -0.4 is 11.1 Å². The molecule has 1 unspecified atom stereocenters. The zero-order valence-corrected chi connectivity index (χ0v) is 12.1. The molecule has 0 heterocycles. The van der Waals surface area contributed by atoms with E-state index in [9.17, 15) is 4.79 Å². The van der Waals surface area contributed by atoms with Gasteiger partial charge in [0.15, 0.2) is 0 Å². The predicted molar refractivity (Wildman–Crippen MR) is 80.3 cm³/mol. The van der Waals surface area contributed by atoms with Gasteiger partial charge in [-0.1, -0.05) is 38.3 Å². The van der Waals surface area contributed by atoms with Gasteiger partial charge in [-0.05, 0) is 44.0 Å². The molecule has 1 rings (SSSR count). The first-order chi connectivity index (χ1) is 9.17. The number of hydrogen-bond donors (Lipinski definition) is 2. The molecular weight excluding hydrogens is 236 g/mol. The lowest BCUT2D eigenvalue weighted by molar-refractivity contribution is 0.0938. The molecular formula is C16H26N2O. The van der Waals surface area contributed by atoms with Crippen molar-refractivity contribution in [3.05, 3.63) is 35.4 Å². The van der Waals surface area contributed by atoms with Crippen LogP contribution in [0, 0.1) is 0 Å². The summed E-state index contributed by atoms with van der Waals surface area (Å²) in [5.41, 5.74) is 7.40. The number of hydrogen-bond acceptors (Lipinski definition) is 2. The van der Waals surface area contributed by atoms with Crippen LogP contribution >= 0.6 is 0 Å². The molecule has 0 aromatic heterocycles. The average molecular weight is 262 g/mol. The van der Waals surface area contributed by atoms with Gasteiger partial charge in [0.05, 0.1) is 0 Å². The van der Waals surface area contributed by atoms with Crippen LogP contribution in [0.4, 0.5) is 0 Å². The molecule has 0 saturated carbocycles. The van der Waals surface area contributed by atoms with E-state index in [1.807, 2.05) is 24.3 Å². The highest BCUT2D eigenvalue weighted by Gasteiger charge is 2.09. The second kappa shape index (κ2) is 8.70. The van der Waals surface area contributed by atoms with Crippen LogP contribution in [0.15, 0.2) is 24.3 Å². The fraction of sp³-hybridized carbons (Fsp3) is 0.562. The first kappa shape index (κ1) is 15.7. The fourth-order valence-corrected chi connectivity index (χ4v) is 2.07. The van der Waals surface area contributed by atoms with Crippen molar-refractivity contribution in [1.29, 1.82) is 0 Å². The molecule has 19 heavy (non-hydrogen) atoms. The van der Waals surface area contributed by atoms with Crippen molar-refractivity contribution >= 4 is 5.91 Å². The Kier molecular flexibility index (Phi) is 7.19. The monoisotopic (exact) mass is 262 g/mol. The molecule has 1 amide bonds. The summed E-state index contributed by atoms with van der Waals surface area (Å²) in [6.07, 6.45) is 5.52. The molecule has 3 nitrogen and oxygen atoms in total. The van der Waals surface area contributed by atoms with Crippen molar-refractivity contribution < 1.29 is 4.79 Å². The largest absolute Gasteiger partial charge is 0.350 e. The maximum atomic E-state index is 12.0. The van der Waals surface area contributed by atoms with Gasteiger partial charge in [-0.25, -0.2) is 0 Å². The Morgan fingerprint density at radius 3 is 2.53 bits per heavy atom. The van der Waals surface area contributed by atoms with Gasteiger partial charge >= 0.3 is 0 Å². The van der Waals surface area contributed by atoms with Crippen molar-refractivity contribution in [1.82, 2.24) is 5.32 Å². The van der Waals surface area contributed by atoms with Gasteiger partial charge in [-0.15, -0.1) is 0 Å². The molecule has 0 aliphatic heterocycles. The summed E-state index contributed by atoms with van der Waals surface area (Å²) in [7, 11) is 0. The number of benzene rings is 1. The Labute approximate surface area is 116 Å². The Hall–Kier alpha value is -1.35. The summed E-state index contributed by atoms with van der Waals surface area (Å²) in [4.78, 5) is 12.0. The highest BCUT2D eigenvalue weighted by Crippen LogP contribution is 2.07. The number of rotatable bonds is 8. The quantitative estimate of drug-likeness (QED) is 0.708. The molecule has 0 fully saturated rings. The van der Waals surface area contributed by atoms with E-state index in [0.717, 1.165) is 18.4 Å². The van der Waals surface area contributed by atoms with Gasteiger partial charge in [-0.3, -0.25) is 4.79 Å². The zero-order chi connectivity index (χ0) is 14.1. The minimum Gasteiger partial charge on any atom is -0.350 e. The Bertz CT molecular complexity index is 373. The smallest absolute Gasteiger partial charge is 0.251 e. The molecule has 1 atom stereocenters. The molecule has 0 radical (unpaired) electrons. The van der Waals surface area contributed by atoms with Gasteiger partial charge in [0.1, 0.15) is 0 Å². The number of nitrogens with two attached hydrogens (primary N) is 1. The molecule has 0 bridgehead atoms. The average Bonchev–Trinajstić information content (AvgIpc) is 2.40. The van der Waals surface area contributed by atoms with Crippen LogP contribution in [0.25, 0.3) is 0 Å². The summed E-state index contributed by atoms with van der Waals surface area (Å²) in [5, 5.41) is 3.04. The molecule has 1 aromatic rings. The lowest BCUT2D eigenvalue weighted by atomic mass is 10.1. The standard InChI is InChI=1S/C16H26N2O/c1-3-4-5-6-13(2)18-16(19)15-9-7-14(8-10-15)11-12-17/h7-10,13H,3-6,11-12,17H2,1-2H3,(H,18,19). The predicted octanol–water partition coefficient (Wildman–Crippen LogP) is 2.89. The topological polar surface area (TPSA) is 55.1 Å². The molecule has 106 valence electrons. The lowest BCUT2D eigenvalue weighted by Gasteiger charge is -2.13. The highest BCUT2D eigenvalue weighted by atomic mass is 16.1. The Morgan fingerprint density at radius 1 is 1.26 bits per heavy atom. The van der Waals surface area contributed by atoms with Crippen LogP contribution in [0.3, 0.4) is 0 Å². The normalized spacial score (nSPS) is 12.2. The Balaban J connectivity index is 2.44. The number of carbonyl (C=O) groups excluding carboxylic acids is 1. The van der Waals surface area contributed by atoms with Crippen molar-refractivity contribution in [3.8, 4) is 0 Å². The SMILES string of the molecule is CCCCCC(C)NC(=O)c1ccc(CCN)cc1. The maximum absolute atomic E-state index is 12.0. The minimum absolute atomic E-state index is 0.0169. The minimum atomic E-state index is 0.0169. The first-order valence-corrected chi connectivity index (χ1v) is 7.27. The lowest BCUT2D eigenvalue weighted by Crippen LogP contribution is -2.32. The second-order valence-electron chi connectivity index (χ2n) is 5.11. The van der Waals surface area contributed by atoms with Gasteiger partial charge in [-0.2, -0.15) is 0 Å². The van der Waals surface area contributed by atoms with Gasteiger partial charge < -0.3 is 11.1 Å². The van der Waals surface area contributed by atoms with Gasteiger partial charge in [0.2, 0.25) is 0 Å². The van der Waals surface area contributed by atoms with E-state index in [1.165, 1.54) is 24.8 Å². The molecule has 0 spiro atoms. The van der Waals surface area contributed by atoms with E-state index < -0.39 is 0 Å². The van der Waals surface area contributed by atoms with Gasteiger partial charge in [0, 0.05) is 11.6 Å². The van der Waals surface area contributed by atoms with Crippen molar-refractivity contribution in [2.75, 3.05) is 6.54 Å². The van der Waals surface area contributed by atoms with Crippen LogP contribution in [0.2, 0.25) is 0 Å². The fourth-order valence-electron chi connectivity index (χ4n) is 2.07. The van der Waals surface area contributed by atoms with Crippen LogP contribution in [0.5, 0.6) is 0 Å². The molecule has 0 aliphatic rings. The van der Waals surface area contributed by atoms with Crippen molar-refractivity contribution in [2.45, 2.75) is 52.0 Å². The third-order valence-corrected chi connectivity index (χ3v) is 3.27. The Morgan fingerprint density at radius 2 is 1.95 bits per heavy atom.